The molecule has 1 aromatic carbocycles. The number of benzodiazepines with no additional fused rings is 1. The second-order valence-electron chi connectivity index (χ2n) is 6.18. The molecule has 0 saturated carbocycles. The van der Waals surface area contributed by atoms with Gasteiger partial charge in [0, 0.05) is 29.1 Å². The number of amides is 1. The maximum Gasteiger partial charge on any atom is 0.248 e. The van der Waals surface area contributed by atoms with Crippen molar-refractivity contribution < 1.29 is 13.2 Å². The van der Waals surface area contributed by atoms with Gasteiger partial charge >= 0.3 is 0 Å². The Hall–Kier alpha value is -2.25. The van der Waals surface area contributed by atoms with Crippen molar-refractivity contribution in [2.45, 2.75) is 13.3 Å². The van der Waals surface area contributed by atoms with Crippen molar-refractivity contribution in [2.24, 2.45) is 4.99 Å². The molecule has 3 rings (SSSR count). The molecular formula is C19H20ClN3O3S. The van der Waals surface area contributed by atoms with Gasteiger partial charge in [0.15, 0.2) is 0 Å². The van der Waals surface area contributed by atoms with E-state index in [4.69, 9.17) is 11.6 Å². The van der Waals surface area contributed by atoms with Crippen LogP contribution in [0.25, 0.3) is 0 Å². The van der Waals surface area contributed by atoms with Crippen LogP contribution in [0.4, 0.5) is 5.69 Å². The van der Waals surface area contributed by atoms with E-state index in [1.807, 2.05) is 18.2 Å². The summed E-state index contributed by atoms with van der Waals surface area (Å²) in [7, 11) is -3.08. The number of hydrogen-bond donors (Lipinski definition) is 0. The first-order valence-electron chi connectivity index (χ1n) is 8.68. The normalized spacial score (nSPS) is 14.5. The molecule has 1 amide bonds. The molecule has 8 heteroatoms. The minimum atomic E-state index is -3.08. The molecule has 2 heterocycles. The molecule has 0 atom stereocenters. The van der Waals surface area contributed by atoms with Crippen LogP contribution in [0.1, 0.15) is 24.6 Å². The highest BCUT2D eigenvalue weighted by atomic mass is 35.5. The van der Waals surface area contributed by atoms with Gasteiger partial charge in [-0.15, -0.1) is 0 Å². The van der Waals surface area contributed by atoms with Gasteiger partial charge < -0.3 is 4.90 Å². The quantitative estimate of drug-likeness (QED) is 0.740. The Kier molecular flexibility index (Phi) is 5.92. The lowest BCUT2D eigenvalue weighted by atomic mass is 10.0. The van der Waals surface area contributed by atoms with E-state index in [0.717, 1.165) is 0 Å². The van der Waals surface area contributed by atoms with Crippen LogP contribution in [0.15, 0.2) is 47.6 Å². The zero-order chi connectivity index (χ0) is 19.4. The van der Waals surface area contributed by atoms with Crippen LogP contribution >= 0.6 is 11.6 Å². The second kappa shape index (κ2) is 8.19. The van der Waals surface area contributed by atoms with Crippen LogP contribution in [0.3, 0.4) is 0 Å². The third kappa shape index (κ3) is 4.54. The number of anilines is 1. The van der Waals surface area contributed by atoms with Crippen LogP contribution in [-0.2, 0) is 14.6 Å². The Morgan fingerprint density at radius 1 is 1.22 bits per heavy atom. The van der Waals surface area contributed by atoms with Crippen molar-refractivity contribution in [3.63, 3.8) is 0 Å². The molecule has 27 heavy (non-hydrogen) atoms. The minimum absolute atomic E-state index is 0.0290. The summed E-state index contributed by atoms with van der Waals surface area (Å²) in [5, 5.41) is 0.528. The van der Waals surface area contributed by atoms with Crippen molar-refractivity contribution in [3.05, 3.63) is 58.9 Å². The molecule has 0 radical (unpaired) electrons. The summed E-state index contributed by atoms with van der Waals surface area (Å²) < 4.78 is 23.5. The summed E-state index contributed by atoms with van der Waals surface area (Å²) in [5.41, 5.74) is 2.64. The summed E-state index contributed by atoms with van der Waals surface area (Å²) in [4.78, 5) is 23.1. The van der Waals surface area contributed by atoms with Crippen LogP contribution in [0, 0.1) is 0 Å². The molecular weight excluding hydrogens is 386 g/mol. The average molecular weight is 406 g/mol. The monoisotopic (exact) mass is 405 g/mol. The van der Waals surface area contributed by atoms with E-state index in [2.05, 4.69) is 9.98 Å². The molecule has 0 fully saturated rings. The van der Waals surface area contributed by atoms with Crippen LogP contribution in [-0.4, -0.2) is 49.6 Å². The fraction of sp³-hybridized carbons (Fsp3) is 0.316. The molecule has 0 spiro atoms. The molecule has 1 aliphatic heterocycles. The number of rotatable bonds is 6. The average Bonchev–Trinajstić information content (AvgIpc) is 2.79. The Morgan fingerprint density at radius 2 is 2.04 bits per heavy atom. The SMILES string of the molecule is CCS(=O)(=O)CCCN1C(=O)CN=C(c2ccccn2)c2cc(Cl)ccc21. The molecule has 0 N–H and O–H groups in total. The van der Waals surface area contributed by atoms with Gasteiger partial charge in [0.1, 0.15) is 16.4 Å². The number of carbonyl (C=O) groups excluding carboxylic acids is 1. The Balaban J connectivity index is 1.96. The first-order chi connectivity index (χ1) is 12.9. The van der Waals surface area contributed by atoms with E-state index in [9.17, 15) is 13.2 Å². The van der Waals surface area contributed by atoms with Crippen LogP contribution < -0.4 is 4.90 Å². The zero-order valence-corrected chi connectivity index (χ0v) is 16.5. The summed E-state index contributed by atoms with van der Waals surface area (Å²) in [6.07, 6.45) is 2.03. The molecule has 0 bridgehead atoms. The summed E-state index contributed by atoms with van der Waals surface area (Å²) >= 11 is 6.19. The number of sulfone groups is 1. The first-order valence-corrected chi connectivity index (χ1v) is 10.9. The third-order valence-corrected chi connectivity index (χ3v) is 6.39. The topological polar surface area (TPSA) is 79.7 Å². The largest absolute Gasteiger partial charge is 0.310 e. The van der Waals surface area contributed by atoms with Crippen molar-refractivity contribution in [3.8, 4) is 0 Å². The number of halogens is 1. The highest BCUT2D eigenvalue weighted by Gasteiger charge is 2.26. The highest BCUT2D eigenvalue weighted by Crippen LogP contribution is 2.29. The number of fused-ring (bicyclic) bond motifs is 1. The van der Waals surface area contributed by atoms with Gasteiger partial charge in [-0.1, -0.05) is 24.6 Å². The molecule has 6 nitrogen and oxygen atoms in total. The number of aliphatic imine (C=N–C) groups is 1. The van der Waals surface area contributed by atoms with Gasteiger partial charge in [-0.25, -0.2) is 8.42 Å². The number of nitrogens with zero attached hydrogens (tertiary/aromatic N) is 3. The number of aromatic nitrogens is 1. The first kappa shape index (κ1) is 19.5. The highest BCUT2D eigenvalue weighted by molar-refractivity contribution is 7.91. The molecule has 2 aromatic rings. The molecule has 0 saturated heterocycles. The second-order valence-corrected chi connectivity index (χ2v) is 9.09. The fourth-order valence-electron chi connectivity index (χ4n) is 2.94. The zero-order valence-electron chi connectivity index (χ0n) is 14.9. The van der Waals surface area contributed by atoms with E-state index in [0.29, 0.717) is 40.6 Å². The van der Waals surface area contributed by atoms with Crippen molar-refractivity contribution in [2.75, 3.05) is 29.5 Å². The summed E-state index contributed by atoms with van der Waals surface area (Å²) in [6.45, 7) is 1.90. The van der Waals surface area contributed by atoms with Gasteiger partial charge in [-0.05, 0) is 36.8 Å². The summed E-state index contributed by atoms with van der Waals surface area (Å²) in [5.74, 6) is -0.0389. The third-order valence-electron chi connectivity index (χ3n) is 4.36. The number of carbonyl (C=O) groups is 1. The van der Waals surface area contributed by atoms with Gasteiger partial charge in [-0.3, -0.25) is 14.8 Å². The van der Waals surface area contributed by atoms with Crippen molar-refractivity contribution >= 4 is 38.7 Å². The molecule has 1 aliphatic rings. The Labute approximate surface area is 163 Å². The maximum atomic E-state index is 12.7. The predicted molar refractivity (Wildman–Crippen MR) is 107 cm³/mol. The molecule has 1 aromatic heterocycles. The number of pyridine rings is 1. The Bertz CT molecular complexity index is 975. The molecule has 142 valence electrons. The van der Waals surface area contributed by atoms with Gasteiger partial charge in [0.25, 0.3) is 0 Å². The minimum Gasteiger partial charge on any atom is -0.310 e. The van der Waals surface area contributed by atoms with Crippen LogP contribution in [0.2, 0.25) is 5.02 Å². The number of hydrogen-bond acceptors (Lipinski definition) is 5. The van der Waals surface area contributed by atoms with E-state index in [1.54, 1.807) is 36.2 Å². The number of benzene rings is 1. The van der Waals surface area contributed by atoms with E-state index in [1.165, 1.54) is 0 Å². The lowest BCUT2D eigenvalue weighted by Crippen LogP contribution is -2.34. The van der Waals surface area contributed by atoms with Gasteiger partial charge in [0.05, 0.1) is 22.8 Å². The Morgan fingerprint density at radius 3 is 2.74 bits per heavy atom. The summed E-state index contributed by atoms with van der Waals surface area (Å²) in [6, 6.07) is 10.7. The fourth-order valence-corrected chi connectivity index (χ4v) is 3.97. The van der Waals surface area contributed by atoms with E-state index >= 15 is 0 Å². The smallest absolute Gasteiger partial charge is 0.248 e. The maximum absolute atomic E-state index is 12.7. The molecule has 0 unspecified atom stereocenters. The van der Waals surface area contributed by atoms with Crippen molar-refractivity contribution in [1.82, 2.24) is 4.98 Å². The lowest BCUT2D eigenvalue weighted by molar-refractivity contribution is -0.117. The van der Waals surface area contributed by atoms with Crippen LogP contribution in [0.5, 0.6) is 0 Å². The van der Waals surface area contributed by atoms with E-state index < -0.39 is 9.84 Å². The lowest BCUT2D eigenvalue weighted by Gasteiger charge is -2.23. The van der Waals surface area contributed by atoms with E-state index in [-0.39, 0.29) is 24.0 Å². The molecule has 0 aliphatic carbocycles. The van der Waals surface area contributed by atoms with Gasteiger partial charge in [0.2, 0.25) is 5.91 Å². The van der Waals surface area contributed by atoms with Gasteiger partial charge in [-0.2, -0.15) is 0 Å². The predicted octanol–water partition coefficient (Wildman–Crippen LogP) is 2.74. The standard InChI is InChI=1S/C19H20ClN3O3S/c1-2-27(25,26)11-5-10-23-17-8-7-14(20)12-15(17)19(22-13-18(23)24)16-6-3-4-9-21-16/h3-4,6-9,12H,2,5,10-11,13H2,1H3. The van der Waals surface area contributed by atoms with Crippen molar-refractivity contribution in [1.29, 1.82) is 0 Å².